The molecular weight excluding hydrogens is 206 g/mol. The van der Waals surface area contributed by atoms with Crippen molar-refractivity contribution in [2.75, 3.05) is 0 Å². The largest absolute Gasteiger partial charge is 0.368 e. The number of carbonyl (C=O) groups is 1. The summed E-state index contributed by atoms with van der Waals surface area (Å²) in [5.41, 5.74) is 5.19. The zero-order chi connectivity index (χ0) is 11.9. The van der Waals surface area contributed by atoms with Gasteiger partial charge in [-0.3, -0.25) is 0 Å². The van der Waals surface area contributed by atoms with Crippen molar-refractivity contribution in [2.24, 2.45) is 34.0 Å². The van der Waals surface area contributed by atoms with Gasteiger partial charge in [-0.15, -0.1) is 0 Å². The van der Waals surface area contributed by atoms with Gasteiger partial charge in [-0.25, -0.2) is 4.79 Å². The Hall–Kier alpha value is -1.10. The number of rotatable bonds is 0. The molecule has 2 fully saturated rings. The molecule has 3 aliphatic rings. The predicted molar refractivity (Wildman–Crippen MR) is 58.3 cm³/mol. The fourth-order valence-electron chi connectivity index (χ4n) is 3.94. The molecule has 0 aromatic heterocycles. The molecule has 4 atom stereocenters. The Kier molecular flexibility index (Phi) is 1.53. The lowest BCUT2D eigenvalue weighted by atomic mass is 9.84. The highest BCUT2D eigenvalue weighted by atomic mass is 16.3. The van der Waals surface area contributed by atoms with Crippen molar-refractivity contribution in [2.45, 2.75) is 32.9 Å². The summed E-state index contributed by atoms with van der Waals surface area (Å²) in [6.45, 7) is 6.29. The van der Waals surface area contributed by atoms with Crippen LogP contribution in [0, 0.1) is 23.2 Å². The summed E-state index contributed by atoms with van der Waals surface area (Å²) >= 11 is 0. The average Bonchev–Trinajstić information content (AvgIpc) is 2.51. The lowest BCUT2D eigenvalue weighted by molar-refractivity contribution is -0.0944. The molecule has 1 aliphatic heterocycles. The van der Waals surface area contributed by atoms with E-state index in [4.69, 9.17) is 5.73 Å². The maximum atomic E-state index is 11.3. The molecule has 3 N–H and O–H groups in total. The maximum Gasteiger partial charge on any atom is 0.337 e. The van der Waals surface area contributed by atoms with E-state index in [9.17, 15) is 9.90 Å². The van der Waals surface area contributed by atoms with Gasteiger partial charge < -0.3 is 10.8 Å². The van der Waals surface area contributed by atoms with E-state index < -0.39 is 11.8 Å². The highest BCUT2D eigenvalue weighted by Gasteiger charge is 2.75. The number of fused-ring (bicyclic) bond motifs is 3. The number of hydrazone groups is 1. The molecule has 0 radical (unpaired) electrons. The normalized spacial score (nSPS) is 47.4. The number of aliphatic hydroxyl groups is 1. The minimum Gasteiger partial charge on any atom is -0.368 e. The lowest BCUT2D eigenvalue weighted by Gasteiger charge is -2.34. The minimum absolute atomic E-state index is 0.0278. The third-order valence-electron chi connectivity index (χ3n) is 4.80. The van der Waals surface area contributed by atoms with Crippen LogP contribution in [0.15, 0.2) is 5.10 Å². The molecule has 2 amide bonds. The number of nitrogens with two attached hydrogens (primary N) is 1. The first-order valence-electron chi connectivity index (χ1n) is 5.67. The van der Waals surface area contributed by atoms with Crippen LogP contribution in [0.1, 0.15) is 27.2 Å². The second-order valence-electron chi connectivity index (χ2n) is 5.91. The minimum atomic E-state index is -1.15. The van der Waals surface area contributed by atoms with Crippen LogP contribution in [-0.4, -0.2) is 27.6 Å². The molecule has 16 heavy (non-hydrogen) atoms. The van der Waals surface area contributed by atoms with Gasteiger partial charge in [0.2, 0.25) is 0 Å². The number of nitrogens with zero attached hydrogens (tertiary/aromatic N) is 2. The molecule has 2 saturated carbocycles. The highest BCUT2D eigenvalue weighted by molar-refractivity contribution is 5.91. The summed E-state index contributed by atoms with van der Waals surface area (Å²) in [5.74, 6) is 0.889. The van der Waals surface area contributed by atoms with Gasteiger partial charge in [-0.1, -0.05) is 13.8 Å². The van der Waals surface area contributed by atoms with E-state index in [1.807, 2.05) is 6.92 Å². The molecule has 5 heteroatoms. The molecule has 0 aromatic rings. The predicted octanol–water partition coefficient (Wildman–Crippen LogP) is 0.737. The van der Waals surface area contributed by atoms with E-state index in [1.165, 1.54) is 0 Å². The number of primary amides is 1. The number of amides is 2. The van der Waals surface area contributed by atoms with Crippen molar-refractivity contribution in [1.82, 2.24) is 5.01 Å². The lowest BCUT2D eigenvalue weighted by Crippen LogP contribution is -2.52. The van der Waals surface area contributed by atoms with E-state index in [-0.39, 0.29) is 11.3 Å². The van der Waals surface area contributed by atoms with Crippen molar-refractivity contribution in [1.29, 1.82) is 0 Å². The first kappa shape index (κ1) is 10.1. The first-order valence-corrected chi connectivity index (χ1v) is 5.67. The third-order valence-corrected chi connectivity index (χ3v) is 4.80. The second-order valence-corrected chi connectivity index (χ2v) is 5.91. The SMILES string of the molecule is CC1=NN(C(N)=O)[C@@]2(O)C[C@@H]3[C@H]([C@@H]12)C3(C)C. The van der Waals surface area contributed by atoms with Gasteiger partial charge in [-0.05, 0) is 24.2 Å². The molecule has 5 nitrogen and oxygen atoms in total. The Morgan fingerprint density at radius 1 is 1.62 bits per heavy atom. The summed E-state index contributed by atoms with van der Waals surface area (Å²) < 4.78 is 0. The fourth-order valence-corrected chi connectivity index (χ4v) is 3.94. The molecule has 2 aliphatic carbocycles. The van der Waals surface area contributed by atoms with E-state index in [0.717, 1.165) is 10.7 Å². The Labute approximate surface area is 94.3 Å². The van der Waals surface area contributed by atoms with Gasteiger partial charge in [0.1, 0.15) is 0 Å². The standard InChI is InChI=1S/C11H17N3O2/c1-5-7-8-6(10(8,2)3)4-11(7,16)14(13-5)9(12)15/h6-8,16H,4H2,1-3H3,(H2,12,15)/t6-,7-,8-,11-/m1/s1. The van der Waals surface area contributed by atoms with Crippen LogP contribution >= 0.6 is 0 Å². The summed E-state index contributed by atoms with van der Waals surface area (Å²) in [5, 5.41) is 15.8. The van der Waals surface area contributed by atoms with Crippen molar-refractivity contribution >= 4 is 11.7 Å². The fraction of sp³-hybridized carbons (Fsp3) is 0.818. The van der Waals surface area contributed by atoms with Crippen LogP contribution in [0.5, 0.6) is 0 Å². The van der Waals surface area contributed by atoms with Crippen LogP contribution in [0.4, 0.5) is 4.79 Å². The smallest absolute Gasteiger partial charge is 0.337 e. The van der Waals surface area contributed by atoms with E-state index in [1.54, 1.807) is 0 Å². The molecule has 0 aromatic carbocycles. The number of carbonyl (C=O) groups excluding carboxylic acids is 1. The second kappa shape index (κ2) is 2.42. The van der Waals surface area contributed by atoms with Crippen LogP contribution in [0.2, 0.25) is 0 Å². The van der Waals surface area contributed by atoms with Crippen LogP contribution < -0.4 is 5.73 Å². The van der Waals surface area contributed by atoms with Crippen molar-refractivity contribution < 1.29 is 9.90 Å². The van der Waals surface area contributed by atoms with Gasteiger partial charge in [0.25, 0.3) is 0 Å². The summed E-state index contributed by atoms with van der Waals surface area (Å²) in [6, 6.07) is -0.663. The van der Waals surface area contributed by atoms with Crippen molar-refractivity contribution in [3.8, 4) is 0 Å². The Morgan fingerprint density at radius 3 is 2.81 bits per heavy atom. The molecule has 0 spiro atoms. The van der Waals surface area contributed by atoms with E-state index >= 15 is 0 Å². The van der Waals surface area contributed by atoms with Crippen molar-refractivity contribution in [3.63, 3.8) is 0 Å². The number of hydrogen-bond acceptors (Lipinski definition) is 3. The Bertz CT molecular complexity index is 417. The van der Waals surface area contributed by atoms with Gasteiger partial charge in [-0.2, -0.15) is 10.1 Å². The number of hydrogen-bond donors (Lipinski definition) is 2. The zero-order valence-corrected chi connectivity index (χ0v) is 9.77. The third kappa shape index (κ3) is 0.867. The monoisotopic (exact) mass is 223 g/mol. The molecule has 0 saturated heterocycles. The first-order chi connectivity index (χ1) is 7.30. The summed E-state index contributed by atoms with van der Waals surface area (Å²) in [4.78, 5) is 11.3. The molecular formula is C11H17N3O2. The molecule has 1 heterocycles. The Morgan fingerprint density at radius 2 is 2.25 bits per heavy atom. The Balaban J connectivity index is 1.99. The summed E-state index contributed by atoms with van der Waals surface area (Å²) in [7, 11) is 0. The molecule has 0 bridgehead atoms. The average molecular weight is 223 g/mol. The van der Waals surface area contributed by atoms with E-state index in [0.29, 0.717) is 18.3 Å². The molecule has 3 rings (SSSR count). The number of urea groups is 1. The molecule has 88 valence electrons. The van der Waals surface area contributed by atoms with Crippen LogP contribution in [-0.2, 0) is 0 Å². The maximum absolute atomic E-state index is 11.3. The quantitative estimate of drug-likeness (QED) is 0.635. The van der Waals surface area contributed by atoms with Gasteiger partial charge in [0, 0.05) is 12.1 Å². The summed E-state index contributed by atoms with van der Waals surface area (Å²) in [6.07, 6.45) is 0.596. The highest BCUT2D eigenvalue weighted by Crippen LogP contribution is 2.73. The van der Waals surface area contributed by atoms with Crippen molar-refractivity contribution in [3.05, 3.63) is 0 Å². The van der Waals surface area contributed by atoms with E-state index in [2.05, 4.69) is 18.9 Å². The topological polar surface area (TPSA) is 78.9 Å². The van der Waals surface area contributed by atoms with Gasteiger partial charge in [0.05, 0.1) is 5.92 Å². The van der Waals surface area contributed by atoms with Gasteiger partial charge in [0.15, 0.2) is 5.72 Å². The van der Waals surface area contributed by atoms with Gasteiger partial charge >= 0.3 is 6.03 Å². The molecule has 0 unspecified atom stereocenters. The van der Waals surface area contributed by atoms with Crippen LogP contribution in [0.25, 0.3) is 0 Å². The van der Waals surface area contributed by atoms with Crippen LogP contribution in [0.3, 0.4) is 0 Å². The zero-order valence-electron chi connectivity index (χ0n) is 9.77.